The van der Waals surface area contributed by atoms with Crippen molar-refractivity contribution in [3.8, 4) is 0 Å². The Morgan fingerprint density at radius 1 is 1.00 bits per heavy atom. The van der Waals surface area contributed by atoms with E-state index in [0.29, 0.717) is 11.1 Å². The van der Waals surface area contributed by atoms with Gasteiger partial charge in [0.05, 0.1) is 10.5 Å². The molecule has 2 N–H and O–H groups in total. The Hall–Kier alpha value is -3.72. The summed E-state index contributed by atoms with van der Waals surface area (Å²) in [5.74, 6) is -1.76. The molecule has 0 heterocycles. The minimum absolute atomic E-state index is 0.0229. The molecule has 176 valence electrons. The fraction of sp³-hybridized carbons (Fsp3) is 0.200. The second-order valence-corrected chi connectivity index (χ2v) is 9.72. The van der Waals surface area contributed by atoms with Crippen molar-refractivity contribution in [2.24, 2.45) is 0 Å². The van der Waals surface area contributed by atoms with Crippen LogP contribution in [-0.2, 0) is 19.6 Å². The van der Waals surface area contributed by atoms with E-state index in [0.717, 1.165) is 25.0 Å². The van der Waals surface area contributed by atoms with Crippen molar-refractivity contribution in [3.05, 3.63) is 95.3 Å². The standard InChI is InChI=1S/C25H23FN2O5S/c1-16-7-8-18(15-22(16)34(31,32)28-21-11-9-19(26)10-12-21)25(30)33-23(17-5-3-2-4-6-17)24(29)27-20-13-14-20/h2-12,15,20,23,28H,13-14H2,1H3,(H,27,29). The predicted molar refractivity (Wildman–Crippen MR) is 124 cm³/mol. The number of amides is 1. The molecule has 1 fully saturated rings. The number of hydrogen-bond acceptors (Lipinski definition) is 5. The van der Waals surface area contributed by atoms with Gasteiger partial charge in [-0.2, -0.15) is 0 Å². The first-order valence-electron chi connectivity index (χ1n) is 10.7. The number of nitrogens with one attached hydrogen (secondary N) is 2. The van der Waals surface area contributed by atoms with Gasteiger partial charge in [0, 0.05) is 17.3 Å². The van der Waals surface area contributed by atoms with Crippen LogP contribution in [0.15, 0.2) is 77.7 Å². The van der Waals surface area contributed by atoms with Gasteiger partial charge in [-0.25, -0.2) is 17.6 Å². The van der Waals surface area contributed by atoms with Gasteiger partial charge in [0.15, 0.2) is 0 Å². The summed E-state index contributed by atoms with van der Waals surface area (Å²) in [7, 11) is -4.08. The smallest absolute Gasteiger partial charge is 0.339 e. The van der Waals surface area contributed by atoms with E-state index in [1.807, 2.05) is 0 Å². The highest BCUT2D eigenvalue weighted by Gasteiger charge is 2.31. The molecule has 0 bridgehead atoms. The Balaban J connectivity index is 1.58. The van der Waals surface area contributed by atoms with Crippen LogP contribution in [0.25, 0.3) is 0 Å². The van der Waals surface area contributed by atoms with Gasteiger partial charge in [0.2, 0.25) is 6.10 Å². The number of carbonyl (C=O) groups is 2. The third-order valence-electron chi connectivity index (χ3n) is 5.30. The summed E-state index contributed by atoms with van der Waals surface area (Å²) in [6, 6.07) is 17.7. The first kappa shape index (κ1) is 23.4. The largest absolute Gasteiger partial charge is 0.444 e. The molecule has 1 unspecified atom stereocenters. The quantitative estimate of drug-likeness (QED) is 0.471. The summed E-state index contributed by atoms with van der Waals surface area (Å²) < 4.78 is 46.9. The van der Waals surface area contributed by atoms with Gasteiger partial charge in [0.1, 0.15) is 5.82 Å². The van der Waals surface area contributed by atoms with Crippen molar-refractivity contribution < 1.29 is 27.1 Å². The first-order valence-corrected chi connectivity index (χ1v) is 12.2. The summed E-state index contributed by atoms with van der Waals surface area (Å²) in [6.07, 6.45) is 0.580. The van der Waals surface area contributed by atoms with E-state index in [1.54, 1.807) is 37.3 Å². The average molecular weight is 483 g/mol. The van der Waals surface area contributed by atoms with E-state index in [-0.39, 0.29) is 22.2 Å². The van der Waals surface area contributed by atoms with Gasteiger partial charge in [-0.05, 0) is 61.7 Å². The number of anilines is 1. The van der Waals surface area contributed by atoms with Crippen LogP contribution in [-0.4, -0.2) is 26.3 Å². The van der Waals surface area contributed by atoms with Crippen molar-refractivity contribution in [2.75, 3.05) is 4.72 Å². The monoisotopic (exact) mass is 482 g/mol. The Morgan fingerprint density at radius 3 is 2.32 bits per heavy atom. The number of esters is 1. The Morgan fingerprint density at radius 2 is 1.68 bits per heavy atom. The summed E-state index contributed by atoms with van der Waals surface area (Å²) in [4.78, 5) is 25.6. The lowest BCUT2D eigenvalue weighted by molar-refractivity contribution is -0.130. The minimum Gasteiger partial charge on any atom is -0.444 e. The minimum atomic E-state index is -4.08. The number of aryl methyl sites for hydroxylation is 1. The highest BCUT2D eigenvalue weighted by molar-refractivity contribution is 7.92. The Kier molecular flexibility index (Phi) is 6.65. The topological polar surface area (TPSA) is 102 Å². The maximum atomic E-state index is 13.1. The molecule has 1 aliphatic carbocycles. The van der Waals surface area contributed by atoms with Crippen LogP contribution in [0.1, 0.15) is 40.4 Å². The molecule has 0 aromatic heterocycles. The van der Waals surface area contributed by atoms with E-state index in [2.05, 4.69) is 10.0 Å². The highest BCUT2D eigenvalue weighted by atomic mass is 32.2. The lowest BCUT2D eigenvalue weighted by Gasteiger charge is -2.18. The van der Waals surface area contributed by atoms with Gasteiger partial charge in [-0.15, -0.1) is 0 Å². The molecular formula is C25H23FN2O5S. The van der Waals surface area contributed by atoms with Gasteiger partial charge < -0.3 is 10.1 Å². The molecule has 0 saturated heterocycles. The number of sulfonamides is 1. The number of carbonyl (C=O) groups excluding carboxylic acids is 2. The van der Waals surface area contributed by atoms with E-state index >= 15 is 0 Å². The summed E-state index contributed by atoms with van der Waals surface area (Å²) in [5.41, 5.74) is 1.06. The maximum Gasteiger partial charge on any atom is 0.339 e. The highest BCUT2D eigenvalue weighted by Crippen LogP contribution is 2.26. The van der Waals surface area contributed by atoms with Crippen LogP contribution in [0.5, 0.6) is 0 Å². The second-order valence-electron chi connectivity index (χ2n) is 8.07. The molecule has 0 aliphatic heterocycles. The molecule has 0 spiro atoms. The number of halogens is 1. The second kappa shape index (κ2) is 9.64. The van der Waals surface area contributed by atoms with E-state index in [1.165, 1.54) is 30.3 Å². The Bertz CT molecular complexity index is 1310. The van der Waals surface area contributed by atoms with Gasteiger partial charge >= 0.3 is 5.97 Å². The van der Waals surface area contributed by atoms with Crippen LogP contribution in [0.4, 0.5) is 10.1 Å². The van der Waals surface area contributed by atoms with Crippen molar-refractivity contribution in [1.29, 1.82) is 0 Å². The van der Waals surface area contributed by atoms with E-state index < -0.39 is 33.8 Å². The van der Waals surface area contributed by atoms with Gasteiger partial charge in [0.25, 0.3) is 15.9 Å². The third-order valence-corrected chi connectivity index (χ3v) is 6.82. The van der Waals surface area contributed by atoms with Crippen molar-refractivity contribution in [1.82, 2.24) is 5.32 Å². The van der Waals surface area contributed by atoms with Gasteiger partial charge in [-0.3, -0.25) is 9.52 Å². The van der Waals surface area contributed by atoms with Crippen molar-refractivity contribution in [3.63, 3.8) is 0 Å². The molecule has 9 heteroatoms. The fourth-order valence-corrected chi connectivity index (χ4v) is 4.66. The van der Waals surface area contributed by atoms with E-state index in [9.17, 15) is 22.4 Å². The SMILES string of the molecule is Cc1ccc(C(=O)OC(C(=O)NC2CC2)c2ccccc2)cc1S(=O)(=O)Nc1ccc(F)cc1. The van der Waals surface area contributed by atoms with Crippen LogP contribution in [0.2, 0.25) is 0 Å². The zero-order valence-electron chi connectivity index (χ0n) is 18.3. The lowest BCUT2D eigenvalue weighted by Crippen LogP contribution is -2.33. The average Bonchev–Trinajstić information content (AvgIpc) is 3.63. The van der Waals surface area contributed by atoms with Gasteiger partial charge in [-0.1, -0.05) is 36.4 Å². The zero-order valence-corrected chi connectivity index (χ0v) is 19.1. The fourth-order valence-electron chi connectivity index (χ4n) is 3.33. The first-order chi connectivity index (χ1) is 16.2. The number of benzene rings is 3. The Labute approximate surface area is 197 Å². The molecule has 4 rings (SSSR count). The molecule has 1 atom stereocenters. The van der Waals surface area contributed by atoms with Crippen molar-refractivity contribution >= 4 is 27.6 Å². The molecule has 7 nitrogen and oxygen atoms in total. The third kappa shape index (κ3) is 5.60. The molecule has 1 amide bonds. The normalized spacial score (nSPS) is 14.2. The molecule has 1 aliphatic rings. The summed E-state index contributed by atoms with van der Waals surface area (Å²) >= 11 is 0. The molecule has 1 saturated carbocycles. The van der Waals surface area contributed by atoms with Crippen LogP contribution < -0.4 is 10.0 Å². The molecule has 3 aromatic carbocycles. The zero-order chi connectivity index (χ0) is 24.3. The van der Waals surface area contributed by atoms with Crippen LogP contribution >= 0.6 is 0 Å². The number of ether oxygens (including phenoxy) is 1. The van der Waals surface area contributed by atoms with Crippen LogP contribution in [0.3, 0.4) is 0 Å². The molecule has 34 heavy (non-hydrogen) atoms. The summed E-state index contributed by atoms with van der Waals surface area (Å²) in [6.45, 7) is 1.59. The number of rotatable bonds is 8. The van der Waals surface area contributed by atoms with Crippen LogP contribution in [0, 0.1) is 12.7 Å². The predicted octanol–water partition coefficient (Wildman–Crippen LogP) is 4.11. The molecular weight excluding hydrogens is 459 g/mol. The molecule has 3 aromatic rings. The number of hydrogen-bond donors (Lipinski definition) is 2. The maximum absolute atomic E-state index is 13.1. The van der Waals surface area contributed by atoms with Crippen molar-refractivity contribution in [2.45, 2.75) is 36.8 Å². The molecule has 0 radical (unpaired) electrons. The lowest BCUT2D eigenvalue weighted by atomic mass is 10.1. The summed E-state index contributed by atoms with van der Waals surface area (Å²) in [5, 5.41) is 2.84. The van der Waals surface area contributed by atoms with E-state index in [4.69, 9.17) is 4.74 Å².